The van der Waals surface area contributed by atoms with Crippen LogP contribution in [-0.2, 0) is 11.2 Å². The fourth-order valence-corrected chi connectivity index (χ4v) is 1.74. The van der Waals surface area contributed by atoms with Crippen LogP contribution in [0.2, 0.25) is 0 Å². The Hall–Kier alpha value is -2.17. The lowest BCUT2D eigenvalue weighted by molar-refractivity contribution is -0.115. The molecule has 0 aliphatic heterocycles. The van der Waals surface area contributed by atoms with Gasteiger partial charge in [0.2, 0.25) is 5.91 Å². The van der Waals surface area contributed by atoms with Gasteiger partial charge in [-0.15, -0.1) is 0 Å². The Morgan fingerprint density at radius 3 is 2.78 bits per heavy atom. The predicted octanol–water partition coefficient (Wildman–Crippen LogP) is 2.18. The highest BCUT2D eigenvalue weighted by molar-refractivity contribution is 5.92. The fraction of sp³-hybridized carbons (Fsp3) is 0.308. The van der Waals surface area contributed by atoms with E-state index in [9.17, 15) is 4.79 Å². The molecule has 0 radical (unpaired) electrons. The second kappa shape index (κ2) is 5.00. The van der Waals surface area contributed by atoms with E-state index in [1.165, 1.54) is 0 Å². The molecule has 94 valence electrons. The van der Waals surface area contributed by atoms with Crippen LogP contribution in [-0.4, -0.2) is 16.0 Å². The van der Waals surface area contributed by atoms with Crippen molar-refractivity contribution in [3.8, 4) is 0 Å². The van der Waals surface area contributed by atoms with E-state index in [0.717, 1.165) is 22.6 Å². The molecule has 0 bridgehead atoms. The minimum absolute atomic E-state index is 0.0880. The van der Waals surface area contributed by atoms with E-state index >= 15 is 0 Å². The monoisotopic (exact) mass is 245 g/mol. The lowest BCUT2D eigenvalue weighted by atomic mass is 10.1. The van der Waals surface area contributed by atoms with Crippen LogP contribution in [0, 0.1) is 20.8 Å². The zero-order valence-electron chi connectivity index (χ0n) is 10.7. The predicted molar refractivity (Wildman–Crippen MR) is 67.3 cm³/mol. The van der Waals surface area contributed by atoms with Gasteiger partial charge < -0.3 is 9.84 Å². The first kappa shape index (κ1) is 12.3. The molecular formula is C13H15N3O2. The van der Waals surface area contributed by atoms with Crippen LogP contribution < -0.4 is 5.32 Å². The summed E-state index contributed by atoms with van der Waals surface area (Å²) in [5.74, 6) is 0.601. The molecule has 2 heterocycles. The van der Waals surface area contributed by atoms with Crippen molar-refractivity contribution in [3.63, 3.8) is 0 Å². The summed E-state index contributed by atoms with van der Waals surface area (Å²) >= 11 is 0. The van der Waals surface area contributed by atoms with E-state index in [1.807, 2.05) is 19.9 Å². The third-order valence-corrected chi connectivity index (χ3v) is 2.70. The van der Waals surface area contributed by atoms with Crippen molar-refractivity contribution in [1.29, 1.82) is 0 Å². The molecule has 0 aliphatic rings. The molecular weight excluding hydrogens is 230 g/mol. The standard InChI is InChI=1S/C13H15N3O2/c1-8-6-11(4-5-14-8)15-13(17)7-12-9(2)16-18-10(12)3/h4-6H,7H2,1-3H3,(H,14,15,17). The van der Waals surface area contributed by atoms with E-state index in [-0.39, 0.29) is 12.3 Å². The zero-order valence-corrected chi connectivity index (χ0v) is 10.7. The Labute approximate surface area is 105 Å². The Balaban J connectivity index is 2.06. The van der Waals surface area contributed by atoms with Crippen molar-refractivity contribution in [2.45, 2.75) is 27.2 Å². The van der Waals surface area contributed by atoms with E-state index in [4.69, 9.17) is 4.52 Å². The second-order valence-corrected chi connectivity index (χ2v) is 4.21. The number of nitrogens with one attached hydrogen (secondary N) is 1. The number of nitrogens with zero attached hydrogens (tertiary/aromatic N) is 2. The number of hydrogen-bond acceptors (Lipinski definition) is 4. The number of carbonyl (C=O) groups excluding carboxylic acids is 1. The highest BCUT2D eigenvalue weighted by Gasteiger charge is 2.13. The van der Waals surface area contributed by atoms with Crippen molar-refractivity contribution >= 4 is 11.6 Å². The van der Waals surface area contributed by atoms with Gasteiger partial charge in [0, 0.05) is 23.1 Å². The van der Waals surface area contributed by atoms with Crippen molar-refractivity contribution < 1.29 is 9.32 Å². The van der Waals surface area contributed by atoms with E-state index < -0.39 is 0 Å². The van der Waals surface area contributed by atoms with Crippen LogP contribution >= 0.6 is 0 Å². The smallest absolute Gasteiger partial charge is 0.229 e. The lowest BCUT2D eigenvalue weighted by Gasteiger charge is -2.05. The van der Waals surface area contributed by atoms with E-state index in [0.29, 0.717) is 5.76 Å². The number of aromatic nitrogens is 2. The minimum atomic E-state index is -0.0880. The van der Waals surface area contributed by atoms with Crippen molar-refractivity contribution in [2.24, 2.45) is 0 Å². The Morgan fingerprint density at radius 2 is 2.17 bits per heavy atom. The SMILES string of the molecule is Cc1cc(NC(=O)Cc2c(C)noc2C)ccn1. The van der Waals surface area contributed by atoms with Crippen LogP contribution in [0.3, 0.4) is 0 Å². The maximum absolute atomic E-state index is 11.9. The molecule has 2 aromatic heterocycles. The van der Waals surface area contributed by atoms with Gasteiger partial charge in [-0.05, 0) is 32.9 Å². The van der Waals surface area contributed by atoms with Gasteiger partial charge in [0.25, 0.3) is 0 Å². The van der Waals surface area contributed by atoms with Gasteiger partial charge in [-0.2, -0.15) is 0 Å². The number of amides is 1. The van der Waals surface area contributed by atoms with Crippen molar-refractivity contribution in [2.75, 3.05) is 5.32 Å². The quantitative estimate of drug-likeness (QED) is 0.899. The van der Waals surface area contributed by atoms with Gasteiger partial charge in [-0.25, -0.2) is 0 Å². The molecule has 18 heavy (non-hydrogen) atoms. The molecule has 1 amide bonds. The fourth-order valence-electron chi connectivity index (χ4n) is 1.74. The molecule has 0 saturated carbocycles. The maximum Gasteiger partial charge on any atom is 0.229 e. The van der Waals surface area contributed by atoms with Crippen molar-refractivity contribution in [1.82, 2.24) is 10.1 Å². The summed E-state index contributed by atoms with van der Waals surface area (Å²) in [6, 6.07) is 3.59. The van der Waals surface area contributed by atoms with Crippen LogP contribution in [0.5, 0.6) is 0 Å². The van der Waals surface area contributed by atoms with Gasteiger partial charge in [0.1, 0.15) is 5.76 Å². The molecule has 2 rings (SSSR count). The summed E-state index contributed by atoms with van der Waals surface area (Å²) < 4.78 is 5.03. The molecule has 0 fully saturated rings. The number of aryl methyl sites for hydroxylation is 3. The van der Waals surface area contributed by atoms with Gasteiger partial charge in [0.15, 0.2) is 0 Å². The summed E-state index contributed by atoms with van der Waals surface area (Å²) in [7, 11) is 0. The van der Waals surface area contributed by atoms with Gasteiger partial charge in [0.05, 0.1) is 12.1 Å². The number of anilines is 1. The average molecular weight is 245 g/mol. The molecule has 0 atom stereocenters. The minimum Gasteiger partial charge on any atom is -0.361 e. The first-order valence-corrected chi connectivity index (χ1v) is 5.70. The molecule has 0 aromatic carbocycles. The summed E-state index contributed by atoms with van der Waals surface area (Å²) in [4.78, 5) is 16.0. The van der Waals surface area contributed by atoms with Crippen LogP contribution in [0.25, 0.3) is 0 Å². The number of pyridine rings is 1. The molecule has 5 nitrogen and oxygen atoms in total. The van der Waals surface area contributed by atoms with Crippen molar-refractivity contribution in [3.05, 3.63) is 41.0 Å². The lowest BCUT2D eigenvalue weighted by Crippen LogP contribution is -2.15. The first-order valence-electron chi connectivity index (χ1n) is 5.70. The van der Waals surface area contributed by atoms with Crippen LogP contribution in [0.15, 0.2) is 22.9 Å². The Kier molecular flexibility index (Phi) is 3.41. The zero-order chi connectivity index (χ0) is 13.1. The van der Waals surface area contributed by atoms with Crippen LogP contribution in [0.1, 0.15) is 22.7 Å². The maximum atomic E-state index is 11.9. The molecule has 5 heteroatoms. The summed E-state index contributed by atoms with van der Waals surface area (Å²) in [5, 5.41) is 6.65. The number of carbonyl (C=O) groups is 1. The Bertz CT molecular complexity index is 556. The number of rotatable bonds is 3. The highest BCUT2D eigenvalue weighted by Crippen LogP contribution is 2.14. The van der Waals surface area contributed by atoms with Gasteiger partial charge in [-0.3, -0.25) is 9.78 Å². The second-order valence-electron chi connectivity index (χ2n) is 4.21. The summed E-state index contributed by atoms with van der Waals surface area (Å²) in [6.45, 7) is 5.51. The molecule has 0 unspecified atom stereocenters. The summed E-state index contributed by atoms with van der Waals surface area (Å²) in [6.07, 6.45) is 1.93. The summed E-state index contributed by atoms with van der Waals surface area (Å²) in [5.41, 5.74) is 3.22. The van der Waals surface area contributed by atoms with Gasteiger partial charge >= 0.3 is 0 Å². The van der Waals surface area contributed by atoms with E-state index in [2.05, 4.69) is 15.5 Å². The normalized spacial score (nSPS) is 10.4. The molecule has 0 aliphatic carbocycles. The molecule has 0 spiro atoms. The van der Waals surface area contributed by atoms with Crippen LogP contribution in [0.4, 0.5) is 5.69 Å². The van der Waals surface area contributed by atoms with Gasteiger partial charge in [-0.1, -0.05) is 5.16 Å². The average Bonchev–Trinajstić information content (AvgIpc) is 2.61. The molecule has 1 N–H and O–H groups in total. The largest absolute Gasteiger partial charge is 0.361 e. The first-order chi connectivity index (χ1) is 8.56. The molecule has 0 saturated heterocycles. The highest BCUT2D eigenvalue weighted by atomic mass is 16.5. The Morgan fingerprint density at radius 1 is 1.39 bits per heavy atom. The topological polar surface area (TPSA) is 68.0 Å². The third-order valence-electron chi connectivity index (χ3n) is 2.70. The van der Waals surface area contributed by atoms with E-state index in [1.54, 1.807) is 19.2 Å². The molecule has 2 aromatic rings. The third kappa shape index (κ3) is 2.74. The number of hydrogen-bond donors (Lipinski definition) is 1.